The van der Waals surface area contributed by atoms with Gasteiger partial charge in [-0.25, -0.2) is 0 Å². The number of aliphatic hydroxyl groups is 2. The molecule has 1 saturated heterocycles. The van der Waals surface area contributed by atoms with E-state index in [4.69, 9.17) is 5.11 Å². The maximum absolute atomic E-state index is 9.79. The van der Waals surface area contributed by atoms with Crippen LogP contribution in [0, 0.1) is 5.92 Å². The zero-order valence-electron chi connectivity index (χ0n) is 8.66. The van der Waals surface area contributed by atoms with Gasteiger partial charge in [-0.3, -0.25) is 0 Å². The standard InChI is InChI=1S/C10H21NO2/c1-10(2,13)9-3-5-11(6-4-9)7-8-12/h9,12-13H,3-8H2,1-2H3. The largest absolute Gasteiger partial charge is 0.395 e. The van der Waals surface area contributed by atoms with E-state index >= 15 is 0 Å². The van der Waals surface area contributed by atoms with E-state index in [1.165, 1.54) is 0 Å². The first-order valence-electron chi connectivity index (χ1n) is 5.09. The maximum Gasteiger partial charge on any atom is 0.0620 e. The SMILES string of the molecule is CC(C)(O)C1CCN(CCO)CC1. The first-order chi connectivity index (χ1) is 6.04. The minimum atomic E-state index is -0.536. The van der Waals surface area contributed by atoms with Crippen molar-refractivity contribution in [2.24, 2.45) is 5.92 Å². The lowest BCUT2D eigenvalue weighted by atomic mass is 9.83. The second-order valence-corrected chi connectivity index (χ2v) is 4.49. The Morgan fingerprint density at radius 1 is 1.31 bits per heavy atom. The predicted octanol–water partition coefficient (Wildman–Crippen LogP) is 0.462. The summed E-state index contributed by atoms with van der Waals surface area (Å²) < 4.78 is 0. The van der Waals surface area contributed by atoms with E-state index in [9.17, 15) is 5.11 Å². The highest BCUT2D eigenvalue weighted by molar-refractivity contribution is 4.82. The molecule has 0 aromatic rings. The molecule has 1 rings (SSSR count). The lowest BCUT2D eigenvalue weighted by molar-refractivity contribution is -0.0141. The fourth-order valence-corrected chi connectivity index (χ4v) is 2.00. The lowest BCUT2D eigenvalue weighted by Gasteiger charge is -2.37. The Morgan fingerprint density at radius 3 is 2.23 bits per heavy atom. The summed E-state index contributed by atoms with van der Waals surface area (Å²) in [6.07, 6.45) is 2.09. The van der Waals surface area contributed by atoms with Gasteiger partial charge < -0.3 is 15.1 Å². The van der Waals surface area contributed by atoms with E-state index < -0.39 is 5.60 Å². The summed E-state index contributed by atoms with van der Waals surface area (Å²) >= 11 is 0. The molecule has 0 aromatic heterocycles. The summed E-state index contributed by atoms with van der Waals surface area (Å²) in [6, 6.07) is 0. The first kappa shape index (κ1) is 11.0. The van der Waals surface area contributed by atoms with Gasteiger partial charge in [-0.05, 0) is 45.7 Å². The smallest absolute Gasteiger partial charge is 0.0620 e. The van der Waals surface area contributed by atoms with Crippen LogP contribution in [0.25, 0.3) is 0 Å². The Kier molecular flexibility index (Phi) is 3.71. The quantitative estimate of drug-likeness (QED) is 0.674. The minimum Gasteiger partial charge on any atom is -0.395 e. The molecule has 78 valence electrons. The Labute approximate surface area is 80.4 Å². The normalized spacial score (nSPS) is 22.2. The summed E-state index contributed by atoms with van der Waals surface area (Å²) in [5.41, 5.74) is -0.536. The third-order valence-corrected chi connectivity index (χ3v) is 3.00. The molecule has 0 aromatic carbocycles. The number of hydrogen-bond acceptors (Lipinski definition) is 3. The van der Waals surface area contributed by atoms with Gasteiger partial charge in [-0.2, -0.15) is 0 Å². The van der Waals surface area contributed by atoms with Gasteiger partial charge in [0.15, 0.2) is 0 Å². The molecule has 0 atom stereocenters. The molecule has 1 aliphatic heterocycles. The van der Waals surface area contributed by atoms with E-state index in [0.29, 0.717) is 5.92 Å². The molecule has 2 N–H and O–H groups in total. The van der Waals surface area contributed by atoms with Crippen molar-refractivity contribution >= 4 is 0 Å². The highest BCUT2D eigenvalue weighted by Gasteiger charge is 2.29. The Bertz CT molecular complexity index is 145. The van der Waals surface area contributed by atoms with Crippen LogP contribution >= 0.6 is 0 Å². The summed E-state index contributed by atoms with van der Waals surface area (Å²) in [7, 11) is 0. The summed E-state index contributed by atoms with van der Waals surface area (Å²) in [6.45, 7) is 6.81. The third kappa shape index (κ3) is 3.25. The van der Waals surface area contributed by atoms with Crippen molar-refractivity contribution in [1.29, 1.82) is 0 Å². The van der Waals surface area contributed by atoms with Gasteiger partial charge in [0.2, 0.25) is 0 Å². The number of hydrogen-bond donors (Lipinski definition) is 2. The molecule has 0 amide bonds. The number of aliphatic hydroxyl groups excluding tert-OH is 1. The Morgan fingerprint density at radius 2 is 1.85 bits per heavy atom. The van der Waals surface area contributed by atoms with Crippen molar-refractivity contribution in [3.05, 3.63) is 0 Å². The van der Waals surface area contributed by atoms with Crippen molar-refractivity contribution in [2.75, 3.05) is 26.2 Å². The average Bonchev–Trinajstić information content (AvgIpc) is 2.04. The van der Waals surface area contributed by atoms with Crippen molar-refractivity contribution < 1.29 is 10.2 Å². The fourth-order valence-electron chi connectivity index (χ4n) is 2.00. The lowest BCUT2D eigenvalue weighted by Crippen LogP contribution is -2.42. The zero-order valence-corrected chi connectivity index (χ0v) is 8.66. The second kappa shape index (κ2) is 4.40. The van der Waals surface area contributed by atoms with Crippen LogP contribution in [0.15, 0.2) is 0 Å². The molecule has 3 nitrogen and oxygen atoms in total. The van der Waals surface area contributed by atoms with Crippen LogP contribution in [0.5, 0.6) is 0 Å². The van der Waals surface area contributed by atoms with E-state index in [1.807, 2.05) is 13.8 Å². The molecule has 1 fully saturated rings. The average molecular weight is 187 g/mol. The molecular weight excluding hydrogens is 166 g/mol. The molecule has 13 heavy (non-hydrogen) atoms. The van der Waals surface area contributed by atoms with Crippen molar-refractivity contribution in [3.8, 4) is 0 Å². The predicted molar refractivity (Wildman–Crippen MR) is 52.5 cm³/mol. The molecule has 0 unspecified atom stereocenters. The van der Waals surface area contributed by atoms with Crippen LogP contribution in [-0.4, -0.2) is 47.0 Å². The van der Waals surface area contributed by atoms with Gasteiger partial charge in [0.05, 0.1) is 12.2 Å². The Balaban J connectivity index is 2.30. The highest BCUT2D eigenvalue weighted by Crippen LogP contribution is 2.27. The summed E-state index contributed by atoms with van der Waals surface area (Å²) in [5, 5.41) is 18.5. The Hall–Kier alpha value is -0.120. The molecule has 3 heteroatoms. The van der Waals surface area contributed by atoms with Gasteiger partial charge in [-0.1, -0.05) is 0 Å². The zero-order chi connectivity index (χ0) is 9.90. The van der Waals surface area contributed by atoms with Crippen molar-refractivity contribution in [3.63, 3.8) is 0 Å². The molecule has 0 aliphatic carbocycles. The first-order valence-corrected chi connectivity index (χ1v) is 5.09. The van der Waals surface area contributed by atoms with Crippen LogP contribution < -0.4 is 0 Å². The van der Waals surface area contributed by atoms with Crippen LogP contribution in [0.3, 0.4) is 0 Å². The van der Waals surface area contributed by atoms with Crippen LogP contribution in [-0.2, 0) is 0 Å². The number of likely N-dealkylation sites (tertiary alicyclic amines) is 1. The van der Waals surface area contributed by atoms with Crippen LogP contribution in [0.4, 0.5) is 0 Å². The van der Waals surface area contributed by atoms with Gasteiger partial charge in [-0.15, -0.1) is 0 Å². The second-order valence-electron chi connectivity index (χ2n) is 4.49. The van der Waals surface area contributed by atoms with Crippen molar-refractivity contribution in [1.82, 2.24) is 4.90 Å². The molecular formula is C10H21NO2. The topological polar surface area (TPSA) is 43.7 Å². The van der Waals surface area contributed by atoms with Crippen molar-refractivity contribution in [2.45, 2.75) is 32.3 Å². The van der Waals surface area contributed by atoms with Crippen LogP contribution in [0.2, 0.25) is 0 Å². The maximum atomic E-state index is 9.79. The summed E-state index contributed by atoms with van der Waals surface area (Å²) in [5.74, 6) is 0.419. The fraction of sp³-hybridized carbons (Fsp3) is 1.00. The monoisotopic (exact) mass is 187 g/mol. The van der Waals surface area contributed by atoms with E-state index in [1.54, 1.807) is 0 Å². The highest BCUT2D eigenvalue weighted by atomic mass is 16.3. The number of nitrogens with zero attached hydrogens (tertiary/aromatic N) is 1. The molecule has 1 heterocycles. The van der Waals surface area contributed by atoms with E-state index in [0.717, 1.165) is 32.5 Å². The molecule has 0 saturated carbocycles. The van der Waals surface area contributed by atoms with Crippen LogP contribution in [0.1, 0.15) is 26.7 Å². The molecule has 0 bridgehead atoms. The minimum absolute atomic E-state index is 0.243. The number of β-amino-alcohol motifs (C(OH)–C–C–N with tert-alkyl or cyclic N) is 1. The molecule has 0 spiro atoms. The molecule has 1 aliphatic rings. The number of piperidine rings is 1. The van der Waals surface area contributed by atoms with E-state index in [-0.39, 0.29) is 6.61 Å². The van der Waals surface area contributed by atoms with Gasteiger partial charge in [0.1, 0.15) is 0 Å². The van der Waals surface area contributed by atoms with Gasteiger partial charge in [0.25, 0.3) is 0 Å². The molecule has 0 radical (unpaired) electrons. The summed E-state index contributed by atoms with van der Waals surface area (Å²) in [4.78, 5) is 2.25. The van der Waals surface area contributed by atoms with Gasteiger partial charge in [0, 0.05) is 6.54 Å². The number of rotatable bonds is 3. The van der Waals surface area contributed by atoms with Gasteiger partial charge >= 0.3 is 0 Å². The van der Waals surface area contributed by atoms with E-state index in [2.05, 4.69) is 4.90 Å². The third-order valence-electron chi connectivity index (χ3n) is 3.00.